The lowest BCUT2D eigenvalue weighted by atomic mass is 9.89. The van der Waals surface area contributed by atoms with Crippen molar-refractivity contribution in [3.8, 4) is 5.69 Å². The summed E-state index contributed by atoms with van der Waals surface area (Å²) in [5, 5.41) is 11.4. The van der Waals surface area contributed by atoms with Gasteiger partial charge in [0.05, 0.1) is 18.4 Å². The summed E-state index contributed by atoms with van der Waals surface area (Å²) in [5.74, 6) is -1.26. The molecule has 0 spiro atoms. The third-order valence-electron chi connectivity index (χ3n) is 6.35. The van der Waals surface area contributed by atoms with Crippen LogP contribution in [0.4, 0.5) is 14.8 Å². The molecule has 2 aromatic heterocycles. The third-order valence-corrected chi connectivity index (χ3v) is 6.35. The first-order valence-corrected chi connectivity index (χ1v) is 11.2. The van der Waals surface area contributed by atoms with Gasteiger partial charge in [-0.05, 0) is 49.4 Å². The second-order valence-corrected chi connectivity index (χ2v) is 8.60. The van der Waals surface area contributed by atoms with Gasteiger partial charge in [0.25, 0.3) is 11.9 Å². The number of carbonyl (C=O) groups excluding carboxylic acids is 1. The van der Waals surface area contributed by atoms with E-state index < -0.39 is 17.5 Å². The maximum atomic E-state index is 15.1. The summed E-state index contributed by atoms with van der Waals surface area (Å²) in [6, 6.07) is 7.05. The van der Waals surface area contributed by atoms with Crippen LogP contribution in [-0.2, 0) is 0 Å². The number of halogens is 2. The van der Waals surface area contributed by atoms with Gasteiger partial charge in [-0.25, -0.2) is 8.78 Å². The smallest absolute Gasteiger partial charge is 0.295 e. The van der Waals surface area contributed by atoms with Crippen LogP contribution >= 0.6 is 0 Å². The fraction of sp³-hybridized carbons (Fsp3) is 0.333. The number of oxazole rings is 1. The summed E-state index contributed by atoms with van der Waals surface area (Å²) in [6.45, 7) is 4.71. The van der Waals surface area contributed by atoms with E-state index in [1.54, 1.807) is 17.9 Å². The monoisotopic (exact) mass is 466 g/mol. The van der Waals surface area contributed by atoms with E-state index in [1.165, 1.54) is 41.5 Å². The van der Waals surface area contributed by atoms with Crippen LogP contribution in [0.15, 0.2) is 47.1 Å². The molecule has 3 heterocycles. The summed E-state index contributed by atoms with van der Waals surface area (Å²) in [4.78, 5) is 21.0. The van der Waals surface area contributed by atoms with Crippen LogP contribution in [0.2, 0.25) is 0 Å². The minimum atomic E-state index is -0.617. The number of piperidine rings is 1. The van der Waals surface area contributed by atoms with E-state index in [-0.39, 0.29) is 23.5 Å². The van der Waals surface area contributed by atoms with Crippen molar-refractivity contribution in [2.45, 2.75) is 32.7 Å². The standard InChI is InChI=1S/C24H24F2N6O2/c1-14-4-3-11-31(19(14)13-27-24-30-18-12-16(25)6-8-20(18)34-24)23(33)21-17(26)7-5-15(2)22(21)32-28-9-10-29-32/h5-10,12,14,19H,3-4,11,13H2,1-2H3,(H,27,30). The molecule has 1 amide bonds. The van der Waals surface area contributed by atoms with Gasteiger partial charge in [-0.1, -0.05) is 13.0 Å². The minimum Gasteiger partial charge on any atom is -0.424 e. The number of fused-ring (bicyclic) bond motifs is 1. The number of likely N-dealkylation sites (tertiary alicyclic amines) is 1. The van der Waals surface area contributed by atoms with Crippen molar-refractivity contribution in [2.24, 2.45) is 5.92 Å². The van der Waals surface area contributed by atoms with Gasteiger partial charge in [0, 0.05) is 19.2 Å². The van der Waals surface area contributed by atoms with Crippen molar-refractivity contribution >= 4 is 23.0 Å². The Bertz CT molecular complexity index is 1340. The van der Waals surface area contributed by atoms with Crippen molar-refractivity contribution in [2.75, 3.05) is 18.4 Å². The molecule has 2 atom stereocenters. The van der Waals surface area contributed by atoms with E-state index in [9.17, 15) is 9.18 Å². The number of amides is 1. The van der Waals surface area contributed by atoms with Crippen molar-refractivity contribution in [1.29, 1.82) is 0 Å². The number of anilines is 1. The fourth-order valence-corrected chi connectivity index (χ4v) is 4.59. The largest absolute Gasteiger partial charge is 0.424 e. The Morgan fingerprint density at radius 2 is 2.00 bits per heavy atom. The van der Waals surface area contributed by atoms with E-state index in [2.05, 4.69) is 27.4 Å². The minimum absolute atomic E-state index is 0.0485. The molecule has 8 nitrogen and oxygen atoms in total. The molecule has 0 aliphatic carbocycles. The lowest BCUT2D eigenvalue weighted by molar-refractivity contribution is 0.0534. The van der Waals surface area contributed by atoms with Crippen LogP contribution in [0.3, 0.4) is 0 Å². The average Bonchev–Trinajstić information content (AvgIpc) is 3.48. The van der Waals surface area contributed by atoms with E-state index in [0.29, 0.717) is 35.4 Å². The van der Waals surface area contributed by atoms with E-state index in [0.717, 1.165) is 12.8 Å². The van der Waals surface area contributed by atoms with Crippen molar-refractivity contribution in [3.05, 3.63) is 65.5 Å². The number of aryl methyl sites for hydroxylation is 1. The molecule has 1 N–H and O–H groups in total. The first-order chi connectivity index (χ1) is 16.4. The van der Waals surface area contributed by atoms with E-state index >= 15 is 4.39 Å². The molecule has 1 fully saturated rings. The number of aromatic nitrogens is 4. The van der Waals surface area contributed by atoms with Crippen molar-refractivity contribution < 1.29 is 18.0 Å². The molecule has 4 aromatic rings. The molecular formula is C24H24F2N6O2. The quantitative estimate of drug-likeness (QED) is 0.471. The van der Waals surface area contributed by atoms with Gasteiger partial charge in [0.1, 0.15) is 28.4 Å². The van der Waals surface area contributed by atoms with Crippen molar-refractivity contribution in [3.63, 3.8) is 0 Å². The van der Waals surface area contributed by atoms with Crippen LogP contribution in [0.25, 0.3) is 16.8 Å². The Balaban J connectivity index is 1.44. The second kappa shape index (κ2) is 8.85. The van der Waals surface area contributed by atoms with Gasteiger partial charge in [-0.2, -0.15) is 20.0 Å². The number of benzene rings is 2. The van der Waals surface area contributed by atoms with Crippen LogP contribution in [0.5, 0.6) is 0 Å². The predicted octanol–water partition coefficient (Wildman–Crippen LogP) is 4.35. The van der Waals surface area contributed by atoms with Gasteiger partial charge < -0.3 is 14.6 Å². The number of rotatable bonds is 5. The Labute approximate surface area is 194 Å². The molecule has 0 radical (unpaired) electrons. The normalized spacial score (nSPS) is 18.4. The lowest BCUT2D eigenvalue weighted by Gasteiger charge is -2.40. The highest BCUT2D eigenvalue weighted by Crippen LogP contribution is 2.29. The van der Waals surface area contributed by atoms with Gasteiger partial charge in [-0.15, -0.1) is 0 Å². The first kappa shape index (κ1) is 22.0. The third kappa shape index (κ3) is 4.00. The van der Waals surface area contributed by atoms with Crippen molar-refractivity contribution in [1.82, 2.24) is 24.9 Å². The van der Waals surface area contributed by atoms with E-state index in [4.69, 9.17) is 4.42 Å². The second-order valence-electron chi connectivity index (χ2n) is 8.60. The number of carbonyl (C=O) groups is 1. The Morgan fingerprint density at radius 1 is 1.21 bits per heavy atom. The van der Waals surface area contributed by atoms with Gasteiger partial charge in [0.2, 0.25) is 0 Å². The molecular weight excluding hydrogens is 442 g/mol. The van der Waals surface area contributed by atoms with Crippen LogP contribution < -0.4 is 5.32 Å². The van der Waals surface area contributed by atoms with Gasteiger partial charge in [0.15, 0.2) is 5.58 Å². The summed E-state index contributed by atoms with van der Waals surface area (Å²) < 4.78 is 34.2. The number of nitrogens with one attached hydrogen (secondary N) is 1. The molecule has 0 bridgehead atoms. The zero-order valence-electron chi connectivity index (χ0n) is 18.8. The van der Waals surface area contributed by atoms with Gasteiger partial charge >= 0.3 is 0 Å². The molecule has 0 saturated carbocycles. The van der Waals surface area contributed by atoms with Crippen LogP contribution in [0.1, 0.15) is 35.7 Å². The Morgan fingerprint density at radius 3 is 2.79 bits per heavy atom. The highest BCUT2D eigenvalue weighted by molar-refractivity contribution is 5.98. The van der Waals surface area contributed by atoms with E-state index in [1.807, 2.05) is 0 Å². The zero-order valence-corrected chi connectivity index (χ0v) is 18.8. The maximum Gasteiger partial charge on any atom is 0.295 e. The summed E-state index contributed by atoms with van der Waals surface area (Å²) in [6.07, 6.45) is 4.72. The molecule has 34 heavy (non-hydrogen) atoms. The fourth-order valence-electron chi connectivity index (χ4n) is 4.59. The highest BCUT2D eigenvalue weighted by atomic mass is 19.1. The molecule has 2 aromatic carbocycles. The Kier molecular flexibility index (Phi) is 5.72. The SMILES string of the molecule is Cc1ccc(F)c(C(=O)N2CCCC(C)C2CNc2nc3cc(F)ccc3o2)c1-n1nccn1. The average molecular weight is 466 g/mol. The zero-order chi connectivity index (χ0) is 23.8. The molecule has 1 aliphatic heterocycles. The number of hydrogen-bond acceptors (Lipinski definition) is 6. The van der Waals surface area contributed by atoms with Crippen LogP contribution in [0, 0.1) is 24.5 Å². The summed E-state index contributed by atoms with van der Waals surface area (Å²) in [5.41, 5.74) is 1.85. The molecule has 1 aliphatic rings. The molecule has 5 rings (SSSR count). The van der Waals surface area contributed by atoms with Crippen LogP contribution in [-0.4, -0.2) is 49.9 Å². The molecule has 176 valence electrons. The first-order valence-electron chi connectivity index (χ1n) is 11.2. The number of hydrogen-bond donors (Lipinski definition) is 1. The molecule has 1 saturated heterocycles. The summed E-state index contributed by atoms with van der Waals surface area (Å²) in [7, 11) is 0. The number of nitrogens with zero attached hydrogens (tertiary/aromatic N) is 5. The molecule has 2 unspecified atom stereocenters. The summed E-state index contributed by atoms with van der Waals surface area (Å²) >= 11 is 0. The lowest BCUT2D eigenvalue weighted by Crippen LogP contribution is -2.51. The predicted molar refractivity (Wildman–Crippen MR) is 122 cm³/mol. The van der Waals surface area contributed by atoms with Gasteiger partial charge in [-0.3, -0.25) is 4.79 Å². The highest BCUT2D eigenvalue weighted by Gasteiger charge is 2.35. The molecule has 10 heteroatoms. The topological polar surface area (TPSA) is 89.1 Å². The maximum absolute atomic E-state index is 15.1. The Hall–Kier alpha value is -3.82.